The molecule has 1 atom stereocenters. The number of carbonyl (C=O) groups excluding carboxylic acids is 2. The lowest BCUT2D eigenvalue weighted by atomic mass is 10.1. The van der Waals surface area contributed by atoms with Crippen LogP contribution in [0.4, 0.5) is 5.69 Å². The van der Waals surface area contributed by atoms with E-state index in [0.717, 1.165) is 35.6 Å². The molecule has 0 aromatic heterocycles. The van der Waals surface area contributed by atoms with E-state index in [1.807, 2.05) is 19.9 Å². The van der Waals surface area contributed by atoms with Gasteiger partial charge >= 0.3 is 0 Å². The Labute approximate surface area is 265 Å². The van der Waals surface area contributed by atoms with E-state index in [1.54, 1.807) is 42.5 Å². The summed E-state index contributed by atoms with van der Waals surface area (Å²) in [6, 6.07) is 17.5. The van der Waals surface area contributed by atoms with Crippen LogP contribution < -0.4 is 19.1 Å². The molecule has 44 heavy (non-hydrogen) atoms. The second kappa shape index (κ2) is 14.8. The first-order chi connectivity index (χ1) is 21.1. The van der Waals surface area contributed by atoms with Crippen LogP contribution in [0.25, 0.3) is 0 Å². The number of benzene rings is 3. The highest BCUT2D eigenvalue weighted by atomic mass is 35.5. The van der Waals surface area contributed by atoms with E-state index < -0.39 is 28.5 Å². The SMILES string of the molecule is CC[C@H](C(=O)NC1CCCC1)N(Cc1ccccc1Cl)C(=O)CN(c1ccc(C)cc1)S(=O)(=O)c1ccc(OC)c(OC)c1. The normalized spacial score (nSPS) is 14.1. The van der Waals surface area contributed by atoms with Crippen LogP contribution in [0, 0.1) is 6.92 Å². The summed E-state index contributed by atoms with van der Waals surface area (Å²) in [5.74, 6) is -0.194. The molecule has 0 saturated heterocycles. The third-order valence-corrected chi connectivity index (χ3v) is 10.1. The fourth-order valence-corrected chi connectivity index (χ4v) is 7.07. The summed E-state index contributed by atoms with van der Waals surface area (Å²) in [6.45, 7) is 3.22. The number of hydrogen-bond donors (Lipinski definition) is 1. The number of rotatable bonds is 13. The van der Waals surface area contributed by atoms with Crippen LogP contribution in [-0.4, -0.2) is 58.0 Å². The third-order valence-electron chi connectivity index (χ3n) is 7.93. The molecular weight excluding hydrogens is 602 g/mol. The lowest BCUT2D eigenvalue weighted by molar-refractivity contribution is -0.140. The molecule has 9 nitrogen and oxygen atoms in total. The summed E-state index contributed by atoms with van der Waals surface area (Å²) in [5.41, 5.74) is 1.89. The fraction of sp³-hybridized carbons (Fsp3) is 0.394. The van der Waals surface area contributed by atoms with Gasteiger partial charge in [-0.1, -0.05) is 67.3 Å². The van der Waals surface area contributed by atoms with Gasteiger partial charge in [-0.15, -0.1) is 0 Å². The molecule has 0 bridgehead atoms. The van der Waals surface area contributed by atoms with Crippen molar-refractivity contribution in [3.63, 3.8) is 0 Å². The molecule has 0 spiro atoms. The maximum Gasteiger partial charge on any atom is 0.264 e. The molecule has 0 unspecified atom stereocenters. The highest BCUT2D eigenvalue weighted by Gasteiger charge is 2.35. The number of methoxy groups -OCH3 is 2. The van der Waals surface area contributed by atoms with Crippen LogP contribution in [0.3, 0.4) is 0 Å². The minimum absolute atomic E-state index is 0.0350. The molecule has 236 valence electrons. The van der Waals surface area contributed by atoms with Gasteiger partial charge in [0.2, 0.25) is 11.8 Å². The monoisotopic (exact) mass is 641 g/mol. The quantitative estimate of drug-likeness (QED) is 0.256. The number of nitrogens with zero attached hydrogens (tertiary/aromatic N) is 2. The molecule has 3 aromatic carbocycles. The Bertz CT molecular complexity index is 1560. The van der Waals surface area contributed by atoms with Gasteiger partial charge in [0, 0.05) is 23.7 Å². The van der Waals surface area contributed by atoms with Crippen molar-refractivity contribution in [2.45, 2.75) is 69.5 Å². The lowest BCUT2D eigenvalue weighted by Gasteiger charge is -2.34. The Balaban J connectivity index is 1.75. The molecule has 1 N–H and O–H groups in total. The Morgan fingerprint density at radius 3 is 2.25 bits per heavy atom. The van der Waals surface area contributed by atoms with E-state index in [0.29, 0.717) is 28.4 Å². The smallest absolute Gasteiger partial charge is 0.264 e. The Kier molecular flexibility index (Phi) is 11.2. The van der Waals surface area contributed by atoms with Crippen molar-refractivity contribution >= 4 is 39.1 Å². The van der Waals surface area contributed by atoms with Crippen molar-refractivity contribution in [1.29, 1.82) is 0 Å². The number of ether oxygens (including phenoxy) is 2. The highest BCUT2D eigenvalue weighted by molar-refractivity contribution is 7.92. The molecule has 0 radical (unpaired) electrons. The van der Waals surface area contributed by atoms with Crippen molar-refractivity contribution < 1.29 is 27.5 Å². The number of carbonyl (C=O) groups is 2. The van der Waals surface area contributed by atoms with Crippen molar-refractivity contribution in [2.75, 3.05) is 25.1 Å². The van der Waals surface area contributed by atoms with Crippen molar-refractivity contribution in [1.82, 2.24) is 10.2 Å². The number of halogens is 1. The van der Waals surface area contributed by atoms with Crippen LogP contribution in [0.2, 0.25) is 5.02 Å². The van der Waals surface area contributed by atoms with Gasteiger partial charge in [-0.05, 0) is 62.1 Å². The van der Waals surface area contributed by atoms with Crippen LogP contribution >= 0.6 is 11.6 Å². The zero-order chi connectivity index (χ0) is 31.9. The van der Waals surface area contributed by atoms with Gasteiger partial charge < -0.3 is 19.7 Å². The molecule has 1 saturated carbocycles. The topological polar surface area (TPSA) is 105 Å². The molecule has 1 fully saturated rings. The van der Waals surface area contributed by atoms with E-state index in [-0.39, 0.29) is 29.1 Å². The predicted octanol–water partition coefficient (Wildman–Crippen LogP) is 5.73. The molecule has 0 aliphatic heterocycles. The molecule has 2 amide bonds. The van der Waals surface area contributed by atoms with Gasteiger partial charge in [0.05, 0.1) is 24.8 Å². The van der Waals surface area contributed by atoms with Gasteiger partial charge in [0.25, 0.3) is 10.0 Å². The average Bonchev–Trinajstić information content (AvgIpc) is 3.53. The first-order valence-electron chi connectivity index (χ1n) is 14.7. The van der Waals surface area contributed by atoms with Gasteiger partial charge in [0.1, 0.15) is 12.6 Å². The van der Waals surface area contributed by atoms with Crippen LogP contribution in [0.15, 0.2) is 71.6 Å². The average molecular weight is 642 g/mol. The predicted molar refractivity (Wildman–Crippen MR) is 172 cm³/mol. The molecule has 0 heterocycles. The maximum atomic E-state index is 14.3. The molecule has 1 aliphatic carbocycles. The van der Waals surface area contributed by atoms with Gasteiger partial charge in [-0.3, -0.25) is 13.9 Å². The number of sulfonamides is 1. The molecular formula is C33H40ClN3O6S. The minimum Gasteiger partial charge on any atom is -0.493 e. The second-order valence-electron chi connectivity index (χ2n) is 10.9. The van der Waals surface area contributed by atoms with E-state index in [1.165, 1.54) is 37.3 Å². The maximum absolute atomic E-state index is 14.3. The van der Waals surface area contributed by atoms with E-state index in [2.05, 4.69) is 5.32 Å². The first kappa shape index (κ1) is 33.1. The Morgan fingerprint density at radius 2 is 1.64 bits per heavy atom. The number of anilines is 1. The number of nitrogens with one attached hydrogen (secondary N) is 1. The van der Waals surface area contributed by atoms with E-state index >= 15 is 0 Å². The standard InChI is InChI=1S/C33H40ClN3O6S/c1-5-29(33(39)35-25-11-7-8-12-25)36(21-24-10-6-9-13-28(24)34)32(38)22-37(26-16-14-23(2)15-17-26)44(40,41)27-18-19-30(42-3)31(20-27)43-4/h6,9-10,13-20,25,29H,5,7-8,11-12,21-22H2,1-4H3,(H,35,39)/t29-/m1/s1. The molecule has 1 aliphatic rings. The molecule has 3 aromatic rings. The molecule has 4 rings (SSSR count). The Morgan fingerprint density at radius 1 is 0.977 bits per heavy atom. The fourth-order valence-electron chi connectivity index (χ4n) is 5.44. The summed E-state index contributed by atoms with van der Waals surface area (Å²) >= 11 is 6.49. The first-order valence-corrected chi connectivity index (χ1v) is 16.6. The highest BCUT2D eigenvalue weighted by Crippen LogP contribution is 2.33. The molecule has 11 heteroatoms. The van der Waals surface area contributed by atoms with Gasteiger partial charge in [-0.2, -0.15) is 0 Å². The van der Waals surface area contributed by atoms with Crippen LogP contribution in [-0.2, 0) is 26.2 Å². The Hall–Kier alpha value is -3.76. The zero-order valence-corrected chi connectivity index (χ0v) is 27.2. The summed E-state index contributed by atoms with van der Waals surface area (Å²) < 4.78 is 40.1. The lowest BCUT2D eigenvalue weighted by Crippen LogP contribution is -2.53. The second-order valence-corrected chi connectivity index (χ2v) is 13.2. The minimum atomic E-state index is -4.28. The largest absolute Gasteiger partial charge is 0.493 e. The van der Waals surface area contributed by atoms with Crippen molar-refractivity contribution in [3.8, 4) is 11.5 Å². The van der Waals surface area contributed by atoms with Gasteiger partial charge in [-0.25, -0.2) is 8.42 Å². The summed E-state index contributed by atoms with van der Waals surface area (Å²) in [4.78, 5) is 29.3. The van der Waals surface area contributed by atoms with Crippen LogP contribution in [0.1, 0.15) is 50.2 Å². The van der Waals surface area contributed by atoms with Crippen molar-refractivity contribution in [3.05, 3.63) is 82.9 Å². The zero-order valence-electron chi connectivity index (χ0n) is 25.6. The van der Waals surface area contributed by atoms with Gasteiger partial charge in [0.15, 0.2) is 11.5 Å². The van der Waals surface area contributed by atoms with E-state index in [9.17, 15) is 18.0 Å². The van der Waals surface area contributed by atoms with E-state index in [4.69, 9.17) is 21.1 Å². The number of aryl methyl sites for hydroxylation is 1. The summed E-state index contributed by atoms with van der Waals surface area (Å²) in [5, 5.41) is 3.56. The van der Waals surface area contributed by atoms with Crippen molar-refractivity contribution in [2.24, 2.45) is 0 Å². The third kappa shape index (κ3) is 7.65. The summed E-state index contributed by atoms with van der Waals surface area (Å²) in [7, 11) is -1.40. The number of hydrogen-bond acceptors (Lipinski definition) is 6. The summed E-state index contributed by atoms with van der Waals surface area (Å²) in [6.07, 6.45) is 4.21. The number of amides is 2. The van der Waals surface area contributed by atoms with Crippen LogP contribution in [0.5, 0.6) is 11.5 Å².